The van der Waals surface area contributed by atoms with Crippen molar-refractivity contribution >= 4 is 11.9 Å². The largest absolute Gasteiger partial charge is 0.466 e. The molecule has 1 N–H and O–H groups in total. The summed E-state index contributed by atoms with van der Waals surface area (Å²) in [7, 11) is 1.62. The molecule has 7 heteroatoms. The number of ether oxygens (including phenoxy) is 2. The summed E-state index contributed by atoms with van der Waals surface area (Å²) in [6.45, 7) is 4.33. The van der Waals surface area contributed by atoms with Crippen molar-refractivity contribution in [3.05, 3.63) is 11.8 Å². The van der Waals surface area contributed by atoms with Crippen molar-refractivity contribution in [3.63, 3.8) is 0 Å². The number of carbonyl (C=O) groups excluding carboxylic acids is 2. The topological polar surface area (TPSA) is 91.7 Å². The summed E-state index contributed by atoms with van der Waals surface area (Å²) in [6, 6.07) is 1.93. The van der Waals surface area contributed by atoms with Crippen molar-refractivity contribution in [3.8, 4) is 6.07 Å². The van der Waals surface area contributed by atoms with Crippen LogP contribution in [-0.4, -0.2) is 56.7 Å². The van der Waals surface area contributed by atoms with Gasteiger partial charge in [0.15, 0.2) is 0 Å². The highest BCUT2D eigenvalue weighted by Gasteiger charge is 2.29. The summed E-state index contributed by atoms with van der Waals surface area (Å²) in [5.74, 6) is -0.648. The van der Waals surface area contributed by atoms with Crippen LogP contribution in [0, 0.1) is 17.2 Å². The molecule has 0 aromatic carbocycles. The molecule has 0 aromatic heterocycles. The maximum Gasteiger partial charge on any atom is 0.309 e. The zero-order valence-electron chi connectivity index (χ0n) is 13.8. The quantitative estimate of drug-likeness (QED) is 0.308. The van der Waals surface area contributed by atoms with Gasteiger partial charge in [0.2, 0.25) is 0 Å². The van der Waals surface area contributed by atoms with E-state index < -0.39 is 0 Å². The monoisotopic (exact) mass is 323 g/mol. The third-order valence-corrected chi connectivity index (χ3v) is 3.67. The fourth-order valence-electron chi connectivity index (χ4n) is 2.38. The van der Waals surface area contributed by atoms with Crippen LogP contribution in [0.25, 0.3) is 0 Å². The molecular formula is C16H25N3O4. The number of piperidine rings is 1. The SMILES string of the molecule is CCOC(=O)C1CCN(C(=O)/C(C#N)=C\NCCCOC)CC1. The Morgan fingerprint density at radius 2 is 2.09 bits per heavy atom. The molecule has 23 heavy (non-hydrogen) atoms. The number of methoxy groups -OCH3 is 1. The second-order valence-corrected chi connectivity index (χ2v) is 5.29. The predicted octanol–water partition coefficient (Wildman–Crippen LogP) is 0.822. The molecular weight excluding hydrogens is 298 g/mol. The summed E-state index contributed by atoms with van der Waals surface area (Å²) in [5, 5.41) is 12.1. The number of carbonyl (C=O) groups is 2. The average molecular weight is 323 g/mol. The van der Waals surface area contributed by atoms with Crippen LogP contribution in [0.4, 0.5) is 0 Å². The van der Waals surface area contributed by atoms with E-state index in [4.69, 9.17) is 14.7 Å². The average Bonchev–Trinajstić information content (AvgIpc) is 2.58. The molecule has 1 aliphatic rings. The van der Waals surface area contributed by atoms with E-state index in [-0.39, 0.29) is 23.4 Å². The molecule has 1 amide bonds. The molecule has 1 rings (SSSR count). The van der Waals surface area contributed by atoms with Gasteiger partial charge < -0.3 is 19.7 Å². The van der Waals surface area contributed by atoms with Crippen LogP contribution in [0.3, 0.4) is 0 Å². The maximum absolute atomic E-state index is 12.3. The minimum atomic E-state index is -0.297. The molecule has 0 unspecified atom stereocenters. The van der Waals surface area contributed by atoms with Gasteiger partial charge in [-0.05, 0) is 26.2 Å². The summed E-state index contributed by atoms with van der Waals surface area (Å²) in [6.07, 6.45) is 3.40. The lowest BCUT2D eigenvalue weighted by Gasteiger charge is -2.30. The number of nitrogens with one attached hydrogen (secondary N) is 1. The number of hydrogen-bond acceptors (Lipinski definition) is 6. The molecule has 0 saturated carbocycles. The van der Waals surface area contributed by atoms with Gasteiger partial charge in [0, 0.05) is 39.6 Å². The van der Waals surface area contributed by atoms with Gasteiger partial charge in [-0.2, -0.15) is 5.26 Å². The Morgan fingerprint density at radius 3 is 2.65 bits per heavy atom. The van der Waals surface area contributed by atoms with Gasteiger partial charge in [0.05, 0.1) is 12.5 Å². The molecule has 0 aliphatic carbocycles. The molecule has 1 saturated heterocycles. The van der Waals surface area contributed by atoms with Gasteiger partial charge in [-0.1, -0.05) is 0 Å². The van der Waals surface area contributed by atoms with Crippen LogP contribution in [0.15, 0.2) is 11.8 Å². The zero-order valence-corrected chi connectivity index (χ0v) is 13.8. The molecule has 128 valence electrons. The Hall–Kier alpha value is -2.07. The first-order chi connectivity index (χ1) is 11.1. The number of hydrogen-bond donors (Lipinski definition) is 1. The maximum atomic E-state index is 12.3. The van der Waals surface area contributed by atoms with E-state index in [1.807, 2.05) is 6.07 Å². The number of rotatable bonds is 8. The molecule has 0 radical (unpaired) electrons. The standard InChI is InChI=1S/C16H25N3O4/c1-3-23-16(21)13-5-8-19(9-6-13)15(20)14(11-17)12-18-7-4-10-22-2/h12-13,18H,3-10H2,1-2H3/b14-12-. The molecule has 1 fully saturated rings. The lowest BCUT2D eigenvalue weighted by molar-refractivity contribution is -0.150. The number of likely N-dealkylation sites (tertiary alicyclic amines) is 1. The first kappa shape index (κ1) is 19.0. The predicted molar refractivity (Wildman–Crippen MR) is 84.1 cm³/mol. The lowest BCUT2D eigenvalue weighted by Crippen LogP contribution is -2.41. The molecule has 0 bridgehead atoms. The van der Waals surface area contributed by atoms with Gasteiger partial charge in [0.25, 0.3) is 5.91 Å². The highest BCUT2D eigenvalue weighted by atomic mass is 16.5. The molecule has 0 atom stereocenters. The van der Waals surface area contributed by atoms with E-state index in [1.54, 1.807) is 18.9 Å². The molecule has 1 heterocycles. The van der Waals surface area contributed by atoms with E-state index >= 15 is 0 Å². The molecule has 0 aromatic rings. The van der Waals surface area contributed by atoms with Gasteiger partial charge in [-0.3, -0.25) is 9.59 Å². The number of nitrogens with zero attached hydrogens (tertiary/aromatic N) is 2. The van der Waals surface area contributed by atoms with E-state index in [9.17, 15) is 9.59 Å². The Kier molecular flexibility index (Phi) is 8.76. The Morgan fingerprint density at radius 1 is 1.39 bits per heavy atom. The highest BCUT2D eigenvalue weighted by molar-refractivity contribution is 5.97. The number of nitriles is 1. The van der Waals surface area contributed by atoms with Gasteiger partial charge in [-0.15, -0.1) is 0 Å². The minimum absolute atomic E-state index is 0.0806. The molecule has 7 nitrogen and oxygen atoms in total. The van der Waals surface area contributed by atoms with Crippen molar-refractivity contribution in [2.24, 2.45) is 5.92 Å². The zero-order chi connectivity index (χ0) is 17.1. The van der Waals surface area contributed by atoms with Crippen LogP contribution in [0.5, 0.6) is 0 Å². The summed E-state index contributed by atoms with van der Waals surface area (Å²) in [5.41, 5.74) is 0.0806. The van der Waals surface area contributed by atoms with Crippen LogP contribution < -0.4 is 5.32 Å². The van der Waals surface area contributed by atoms with E-state index in [1.165, 1.54) is 6.20 Å². The Bertz CT molecular complexity index is 462. The number of esters is 1. The van der Waals surface area contributed by atoms with Crippen LogP contribution in [0.2, 0.25) is 0 Å². The third-order valence-electron chi connectivity index (χ3n) is 3.67. The van der Waals surface area contributed by atoms with Crippen molar-refractivity contribution in [2.45, 2.75) is 26.2 Å². The van der Waals surface area contributed by atoms with E-state index in [2.05, 4.69) is 5.32 Å². The van der Waals surface area contributed by atoms with Crippen molar-refractivity contribution in [1.82, 2.24) is 10.2 Å². The fraction of sp³-hybridized carbons (Fsp3) is 0.688. The first-order valence-electron chi connectivity index (χ1n) is 7.92. The first-order valence-corrected chi connectivity index (χ1v) is 7.92. The Balaban J connectivity index is 2.46. The van der Waals surface area contributed by atoms with Crippen LogP contribution in [-0.2, 0) is 19.1 Å². The highest BCUT2D eigenvalue weighted by Crippen LogP contribution is 2.19. The van der Waals surface area contributed by atoms with E-state index in [0.717, 1.165) is 6.42 Å². The fourth-order valence-corrected chi connectivity index (χ4v) is 2.38. The van der Waals surface area contributed by atoms with Crippen LogP contribution >= 0.6 is 0 Å². The Labute approximate surface area is 137 Å². The minimum Gasteiger partial charge on any atom is -0.466 e. The second-order valence-electron chi connectivity index (χ2n) is 5.29. The van der Waals surface area contributed by atoms with Gasteiger partial charge >= 0.3 is 5.97 Å². The van der Waals surface area contributed by atoms with Crippen LogP contribution in [0.1, 0.15) is 26.2 Å². The summed E-state index contributed by atoms with van der Waals surface area (Å²) in [4.78, 5) is 25.6. The van der Waals surface area contributed by atoms with Crippen molar-refractivity contribution in [1.29, 1.82) is 5.26 Å². The normalized spacial score (nSPS) is 15.9. The van der Waals surface area contributed by atoms with Crippen molar-refractivity contribution in [2.75, 3.05) is 40.0 Å². The third kappa shape index (κ3) is 6.28. The number of amides is 1. The summed E-state index contributed by atoms with van der Waals surface area (Å²) >= 11 is 0. The lowest BCUT2D eigenvalue weighted by atomic mass is 9.96. The summed E-state index contributed by atoms with van der Waals surface area (Å²) < 4.78 is 9.93. The van der Waals surface area contributed by atoms with E-state index in [0.29, 0.717) is 45.7 Å². The molecule has 0 spiro atoms. The smallest absolute Gasteiger partial charge is 0.309 e. The van der Waals surface area contributed by atoms with Gasteiger partial charge in [0.1, 0.15) is 11.6 Å². The molecule has 1 aliphatic heterocycles. The second kappa shape index (κ2) is 10.6. The van der Waals surface area contributed by atoms with Crippen molar-refractivity contribution < 1.29 is 19.1 Å². The van der Waals surface area contributed by atoms with Gasteiger partial charge in [-0.25, -0.2) is 0 Å².